The van der Waals surface area contributed by atoms with E-state index in [2.05, 4.69) is 0 Å². The van der Waals surface area contributed by atoms with Crippen LogP contribution in [-0.4, -0.2) is 25.6 Å². The molecular formula is C17H16O5. The van der Waals surface area contributed by atoms with Crippen molar-refractivity contribution < 1.29 is 24.1 Å². The highest BCUT2D eigenvalue weighted by Gasteiger charge is 2.47. The lowest BCUT2D eigenvalue weighted by Gasteiger charge is -2.33. The number of phenols is 1. The molecule has 3 atom stereocenters. The van der Waals surface area contributed by atoms with E-state index in [4.69, 9.17) is 18.9 Å². The van der Waals surface area contributed by atoms with Crippen LogP contribution in [-0.2, 0) is 4.74 Å². The van der Waals surface area contributed by atoms with Gasteiger partial charge in [-0.2, -0.15) is 0 Å². The summed E-state index contributed by atoms with van der Waals surface area (Å²) in [6.45, 7) is 0. The number of phenolic OH excluding ortho intramolecular Hbond substituents is 1. The molecule has 0 aromatic heterocycles. The Morgan fingerprint density at radius 2 is 1.73 bits per heavy atom. The van der Waals surface area contributed by atoms with E-state index in [0.29, 0.717) is 5.75 Å². The van der Waals surface area contributed by atoms with Crippen LogP contribution in [0.2, 0.25) is 0 Å². The van der Waals surface area contributed by atoms with Crippen LogP contribution >= 0.6 is 0 Å². The Labute approximate surface area is 128 Å². The fraction of sp³-hybridized carbons (Fsp3) is 0.294. The normalized spacial score (nSPS) is 24.5. The minimum absolute atomic E-state index is 0.0528. The Kier molecular flexibility index (Phi) is 2.90. The summed E-state index contributed by atoms with van der Waals surface area (Å²) in [5, 5.41) is 9.65. The number of methoxy groups -OCH3 is 2. The fourth-order valence-electron chi connectivity index (χ4n) is 3.19. The standard InChI is InChI=1S/C17H16O5/c1-19-10-4-6-11-14(8-10)21-16-12-5-3-9(18)7-13(12)22-17(20-2)15(11)16/h3-8,15-18H,1-2H3/t15-,16+,17-/m1/s1. The van der Waals surface area contributed by atoms with Crippen LogP contribution in [0.25, 0.3) is 0 Å². The number of ether oxygens (including phenoxy) is 4. The second kappa shape index (κ2) is 4.81. The zero-order valence-electron chi connectivity index (χ0n) is 12.3. The van der Waals surface area contributed by atoms with Gasteiger partial charge in [0.25, 0.3) is 0 Å². The first kappa shape index (κ1) is 13.3. The molecule has 5 nitrogen and oxygen atoms in total. The topological polar surface area (TPSA) is 57.2 Å². The van der Waals surface area contributed by atoms with Gasteiger partial charge in [0.2, 0.25) is 6.29 Å². The largest absolute Gasteiger partial charge is 0.508 e. The van der Waals surface area contributed by atoms with Crippen LogP contribution in [0.3, 0.4) is 0 Å². The predicted octanol–water partition coefficient (Wildman–Crippen LogP) is 2.98. The molecule has 4 rings (SSSR count). The van der Waals surface area contributed by atoms with Crippen LogP contribution in [0.4, 0.5) is 0 Å². The summed E-state index contributed by atoms with van der Waals surface area (Å²) in [6.07, 6.45) is -0.662. The van der Waals surface area contributed by atoms with E-state index >= 15 is 0 Å². The highest BCUT2D eigenvalue weighted by Crippen LogP contribution is 2.54. The zero-order valence-corrected chi connectivity index (χ0v) is 12.3. The second-order valence-electron chi connectivity index (χ2n) is 5.41. The van der Waals surface area contributed by atoms with Crippen molar-refractivity contribution in [3.05, 3.63) is 47.5 Å². The Balaban J connectivity index is 1.83. The lowest BCUT2D eigenvalue weighted by Crippen LogP contribution is -2.34. The molecule has 22 heavy (non-hydrogen) atoms. The molecule has 0 saturated heterocycles. The van der Waals surface area contributed by atoms with Crippen molar-refractivity contribution in [1.29, 1.82) is 0 Å². The summed E-state index contributed by atoms with van der Waals surface area (Å²) in [5.41, 5.74) is 1.95. The Morgan fingerprint density at radius 3 is 2.50 bits per heavy atom. The van der Waals surface area contributed by atoms with Crippen molar-refractivity contribution >= 4 is 0 Å². The number of aromatic hydroxyl groups is 1. The molecule has 0 fully saturated rings. The summed E-state index contributed by atoms with van der Waals surface area (Å²) < 4.78 is 22.8. The average Bonchev–Trinajstić information content (AvgIpc) is 2.92. The van der Waals surface area contributed by atoms with Gasteiger partial charge < -0.3 is 24.1 Å². The number of benzene rings is 2. The molecule has 114 valence electrons. The molecule has 0 saturated carbocycles. The maximum atomic E-state index is 9.65. The van der Waals surface area contributed by atoms with E-state index in [-0.39, 0.29) is 17.8 Å². The zero-order chi connectivity index (χ0) is 15.3. The molecule has 0 amide bonds. The smallest absolute Gasteiger partial charge is 0.210 e. The van der Waals surface area contributed by atoms with Crippen LogP contribution in [0.15, 0.2) is 36.4 Å². The number of rotatable bonds is 2. The Morgan fingerprint density at radius 1 is 0.955 bits per heavy atom. The maximum Gasteiger partial charge on any atom is 0.210 e. The highest BCUT2D eigenvalue weighted by atomic mass is 16.7. The molecule has 2 aliphatic rings. The minimum Gasteiger partial charge on any atom is -0.508 e. The molecule has 2 heterocycles. The minimum atomic E-state index is -0.464. The van der Waals surface area contributed by atoms with Crippen LogP contribution in [0.1, 0.15) is 23.1 Å². The van der Waals surface area contributed by atoms with Crippen molar-refractivity contribution in [3.63, 3.8) is 0 Å². The van der Waals surface area contributed by atoms with Crippen LogP contribution in [0, 0.1) is 0 Å². The van der Waals surface area contributed by atoms with Crippen molar-refractivity contribution in [2.75, 3.05) is 14.2 Å². The van der Waals surface area contributed by atoms with Crippen LogP contribution < -0.4 is 14.2 Å². The number of hydrogen-bond acceptors (Lipinski definition) is 5. The number of hydrogen-bond donors (Lipinski definition) is 1. The van der Waals surface area contributed by atoms with Gasteiger partial charge in [-0.1, -0.05) is 6.07 Å². The monoisotopic (exact) mass is 300 g/mol. The molecule has 2 aromatic carbocycles. The van der Waals surface area contributed by atoms with Gasteiger partial charge in [0.1, 0.15) is 29.1 Å². The first-order chi connectivity index (χ1) is 10.7. The van der Waals surface area contributed by atoms with Gasteiger partial charge in [-0.25, -0.2) is 0 Å². The van der Waals surface area contributed by atoms with Gasteiger partial charge >= 0.3 is 0 Å². The Bertz CT molecular complexity index is 727. The fourth-order valence-corrected chi connectivity index (χ4v) is 3.19. The molecule has 5 heteroatoms. The quantitative estimate of drug-likeness (QED) is 0.924. The molecule has 0 radical (unpaired) electrons. The van der Waals surface area contributed by atoms with E-state index in [0.717, 1.165) is 22.6 Å². The molecular weight excluding hydrogens is 284 g/mol. The van der Waals surface area contributed by atoms with Gasteiger partial charge in [0.15, 0.2) is 0 Å². The van der Waals surface area contributed by atoms with Crippen molar-refractivity contribution in [2.24, 2.45) is 0 Å². The molecule has 2 aliphatic heterocycles. The summed E-state index contributed by atoms with van der Waals surface area (Å²) in [6, 6.07) is 10.8. The first-order valence-corrected chi connectivity index (χ1v) is 7.08. The van der Waals surface area contributed by atoms with E-state index in [1.54, 1.807) is 26.4 Å². The highest BCUT2D eigenvalue weighted by molar-refractivity contribution is 5.52. The van der Waals surface area contributed by atoms with E-state index < -0.39 is 6.29 Å². The molecule has 2 aromatic rings. The lowest BCUT2D eigenvalue weighted by atomic mass is 9.88. The van der Waals surface area contributed by atoms with Crippen molar-refractivity contribution in [2.45, 2.75) is 18.3 Å². The van der Waals surface area contributed by atoms with Crippen LogP contribution in [0.5, 0.6) is 23.0 Å². The lowest BCUT2D eigenvalue weighted by molar-refractivity contribution is -0.0994. The molecule has 1 N–H and O–H groups in total. The van der Waals surface area contributed by atoms with Gasteiger partial charge in [-0.05, 0) is 18.2 Å². The van der Waals surface area contributed by atoms with Gasteiger partial charge in [0, 0.05) is 30.4 Å². The van der Waals surface area contributed by atoms with Crippen molar-refractivity contribution in [1.82, 2.24) is 0 Å². The van der Waals surface area contributed by atoms with E-state index in [1.807, 2.05) is 24.3 Å². The summed E-state index contributed by atoms with van der Waals surface area (Å²) in [4.78, 5) is 0. The molecule has 0 bridgehead atoms. The van der Waals surface area contributed by atoms with E-state index in [1.165, 1.54) is 0 Å². The van der Waals surface area contributed by atoms with Gasteiger partial charge in [0.05, 0.1) is 13.0 Å². The summed E-state index contributed by atoms with van der Waals surface area (Å²) in [7, 11) is 3.24. The number of fused-ring (bicyclic) bond motifs is 5. The third kappa shape index (κ3) is 1.82. The van der Waals surface area contributed by atoms with Crippen molar-refractivity contribution in [3.8, 4) is 23.0 Å². The third-order valence-corrected chi connectivity index (χ3v) is 4.23. The van der Waals surface area contributed by atoms with E-state index in [9.17, 15) is 5.11 Å². The summed E-state index contributed by atoms with van der Waals surface area (Å²) >= 11 is 0. The van der Waals surface area contributed by atoms with Gasteiger partial charge in [-0.3, -0.25) is 0 Å². The molecule has 0 spiro atoms. The molecule has 0 aliphatic carbocycles. The third-order valence-electron chi connectivity index (χ3n) is 4.23. The first-order valence-electron chi connectivity index (χ1n) is 7.08. The van der Waals surface area contributed by atoms with Gasteiger partial charge in [-0.15, -0.1) is 0 Å². The molecule has 0 unspecified atom stereocenters. The SMILES string of the molecule is COc1ccc2c(c1)O[C@H]1c3ccc(O)cc3O[C@@H](OC)[C@H]21. The average molecular weight is 300 g/mol. The maximum absolute atomic E-state index is 9.65. The second-order valence-corrected chi connectivity index (χ2v) is 5.41. The predicted molar refractivity (Wildman–Crippen MR) is 78.6 cm³/mol. The summed E-state index contributed by atoms with van der Waals surface area (Å²) in [5.74, 6) is 2.22. The Hall–Kier alpha value is -2.40.